The number of hydrogen-bond acceptors (Lipinski definition) is 7. The minimum absolute atomic E-state index is 0.0353. The fraction of sp³-hybridized carbons (Fsp3) is 0.611. The lowest BCUT2D eigenvalue weighted by Gasteiger charge is -2.29. The van der Waals surface area contributed by atoms with E-state index in [0.29, 0.717) is 56.0 Å². The number of carbonyl (C=O) groups is 3. The van der Waals surface area contributed by atoms with Crippen LogP contribution >= 0.6 is 11.3 Å². The quantitative estimate of drug-likeness (QED) is 0.696. The predicted molar refractivity (Wildman–Crippen MR) is 108 cm³/mol. The molecule has 1 aromatic heterocycles. The van der Waals surface area contributed by atoms with E-state index in [9.17, 15) is 22.8 Å². The summed E-state index contributed by atoms with van der Waals surface area (Å²) in [5.74, 6) is -1.11. The Labute approximate surface area is 174 Å². The normalized spacial score (nSPS) is 18.2. The molecule has 0 spiro atoms. The third kappa shape index (κ3) is 4.62. The van der Waals surface area contributed by atoms with Crippen LogP contribution in [0, 0.1) is 5.92 Å². The maximum Gasteiger partial charge on any atom is 0.341 e. The monoisotopic (exact) mass is 443 g/mol. The molecule has 1 N–H and O–H groups in total. The maximum absolute atomic E-state index is 12.8. The van der Waals surface area contributed by atoms with Gasteiger partial charge in [0.25, 0.3) is 0 Å². The van der Waals surface area contributed by atoms with Crippen molar-refractivity contribution in [2.24, 2.45) is 5.92 Å². The topological polar surface area (TPSA) is 113 Å². The summed E-state index contributed by atoms with van der Waals surface area (Å²) in [4.78, 5) is 39.4. The highest BCUT2D eigenvalue weighted by Gasteiger charge is 2.33. The molecule has 160 valence electrons. The molecule has 29 heavy (non-hydrogen) atoms. The first-order valence-electron chi connectivity index (χ1n) is 9.36. The van der Waals surface area contributed by atoms with Crippen molar-refractivity contribution in [3.63, 3.8) is 0 Å². The molecule has 1 fully saturated rings. The van der Waals surface area contributed by atoms with Gasteiger partial charge >= 0.3 is 5.97 Å². The van der Waals surface area contributed by atoms with E-state index in [4.69, 9.17) is 4.74 Å². The van der Waals surface area contributed by atoms with Crippen molar-refractivity contribution >= 4 is 44.1 Å². The number of amides is 2. The highest BCUT2D eigenvalue weighted by atomic mass is 32.2. The first-order chi connectivity index (χ1) is 13.6. The first kappa shape index (κ1) is 21.7. The molecule has 2 aliphatic heterocycles. The molecular weight excluding hydrogens is 418 g/mol. The summed E-state index contributed by atoms with van der Waals surface area (Å²) in [6, 6.07) is 0. The van der Waals surface area contributed by atoms with Gasteiger partial charge in [0.15, 0.2) is 0 Å². The summed E-state index contributed by atoms with van der Waals surface area (Å²) in [5.41, 5.74) is 1.18. The third-order valence-corrected chi connectivity index (χ3v) is 7.86. The number of sulfonamides is 1. The smallest absolute Gasteiger partial charge is 0.341 e. The second-order valence-electron chi connectivity index (χ2n) is 7.32. The van der Waals surface area contributed by atoms with Crippen molar-refractivity contribution in [1.82, 2.24) is 9.21 Å². The minimum Gasteiger partial charge on any atom is -0.465 e. The number of methoxy groups -OCH3 is 1. The number of hydrogen-bond donors (Lipinski definition) is 1. The van der Waals surface area contributed by atoms with Crippen LogP contribution in [0.25, 0.3) is 0 Å². The van der Waals surface area contributed by atoms with Gasteiger partial charge in [-0.1, -0.05) is 0 Å². The largest absolute Gasteiger partial charge is 0.465 e. The van der Waals surface area contributed by atoms with Gasteiger partial charge in [0, 0.05) is 37.4 Å². The molecule has 0 aromatic carbocycles. The number of esters is 1. The Balaban J connectivity index is 1.78. The van der Waals surface area contributed by atoms with E-state index in [1.807, 2.05) is 0 Å². The second-order valence-corrected chi connectivity index (χ2v) is 10.4. The number of nitrogens with one attached hydrogen (secondary N) is 1. The molecule has 3 rings (SSSR count). The van der Waals surface area contributed by atoms with Gasteiger partial charge in [0.2, 0.25) is 21.8 Å². The SMILES string of the molecule is COC(=O)c1c(NC(=O)C2CCN(S(C)(=O)=O)CC2)sc2c1CCN(C(C)=O)C2. The first-order valence-corrected chi connectivity index (χ1v) is 12.0. The summed E-state index contributed by atoms with van der Waals surface area (Å²) in [6.07, 6.45) is 2.54. The number of thiophene rings is 1. The standard InChI is InChI=1S/C18H25N3O6S2/c1-11(22)20-7-6-13-14(10-20)28-17(15(13)18(24)27-2)19-16(23)12-4-8-21(9-5-12)29(3,25)26/h12H,4-10H2,1-3H3,(H,19,23). The molecule has 11 heteroatoms. The zero-order valence-corrected chi connectivity index (χ0v) is 18.3. The summed E-state index contributed by atoms with van der Waals surface area (Å²) < 4.78 is 29.6. The molecule has 0 bridgehead atoms. The predicted octanol–water partition coefficient (Wildman–Crippen LogP) is 1.05. The minimum atomic E-state index is -3.26. The number of ether oxygens (including phenoxy) is 1. The lowest BCUT2D eigenvalue weighted by Crippen LogP contribution is -2.40. The van der Waals surface area contributed by atoms with E-state index < -0.39 is 16.0 Å². The Hall–Kier alpha value is -1.98. The van der Waals surface area contributed by atoms with Crippen LogP contribution in [0.15, 0.2) is 0 Å². The highest BCUT2D eigenvalue weighted by Crippen LogP contribution is 2.38. The fourth-order valence-corrected chi connectivity index (χ4v) is 5.87. The van der Waals surface area contributed by atoms with Gasteiger partial charge in [0.1, 0.15) is 5.00 Å². The Bertz CT molecular complexity index is 932. The average molecular weight is 444 g/mol. The number of nitrogens with zero attached hydrogens (tertiary/aromatic N) is 2. The Morgan fingerprint density at radius 2 is 1.83 bits per heavy atom. The van der Waals surface area contributed by atoms with Crippen LogP contribution in [0.4, 0.5) is 5.00 Å². The van der Waals surface area contributed by atoms with E-state index in [-0.39, 0.29) is 17.7 Å². The van der Waals surface area contributed by atoms with Crippen molar-refractivity contribution in [3.8, 4) is 0 Å². The molecule has 0 saturated carbocycles. The zero-order valence-electron chi connectivity index (χ0n) is 16.7. The van der Waals surface area contributed by atoms with Crippen LogP contribution in [0.5, 0.6) is 0 Å². The van der Waals surface area contributed by atoms with Crippen LogP contribution in [0.2, 0.25) is 0 Å². The Morgan fingerprint density at radius 3 is 2.38 bits per heavy atom. The molecule has 1 aromatic rings. The van der Waals surface area contributed by atoms with Crippen LogP contribution < -0.4 is 5.32 Å². The Morgan fingerprint density at radius 1 is 1.17 bits per heavy atom. The van der Waals surface area contributed by atoms with Gasteiger partial charge in [-0.05, 0) is 24.8 Å². The van der Waals surface area contributed by atoms with E-state index in [2.05, 4.69) is 5.32 Å². The molecule has 0 unspecified atom stereocenters. The zero-order chi connectivity index (χ0) is 21.3. The molecule has 1 saturated heterocycles. The van der Waals surface area contributed by atoms with Gasteiger partial charge in [-0.15, -0.1) is 11.3 Å². The molecule has 9 nitrogen and oxygen atoms in total. The number of anilines is 1. The van der Waals surface area contributed by atoms with Crippen LogP contribution in [-0.4, -0.2) is 68.4 Å². The van der Waals surface area contributed by atoms with Gasteiger partial charge in [-0.25, -0.2) is 17.5 Å². The maximum atomic E-state index is 12.8. The van der Waals surface area contributed by atoms with Crippen molar-refractivity contribution in [1.29, 1.82) is 0 Å². The van der Waals surface area contributed by atoms with Crippen molar-refractivity contribution < 1.29 is 27.5 Å². The summed E-state index contributed by atoms with van der Waals surface area (Å²) in [7, 11) is -1.96. The summed E-state index contributed by atoms with van der Waals surface area (Å²) in [6.45, 7) is 3.03. The fourth-order valence-electron chi connectivity index (χ4n) is 3.74. The molecular formula is C18H25N3O6S2. The molecule has 0 aliphatic carbocycles. The van der Waals surface area contributed by atoms with E-state index in [1.54, 1.807) is 4.90 Å². The van der Waals surface area contributed by atoms with Crippen LogP contribution in [-0.2, 0) is 37.3 Å². The number of rotatable bonds is 4. The van der Waals surface area contributed by atoms with Crippen LogP contribution in [0.3, 0.4) is 0 Å². The summed E-state index contributed by atoms with van der Waals surface area (Å²) >= 11 is 1.29. The van der Waals surface area contributed by atoms with Crippen LogP contribution in [0.1, 0.15) is 40.6 Å². The Kier molecular flexibility index (Phi) is 6.30. The van der Waals surface area contributed by atoms with Gasteiger partial charge < -0.3 is 15.0 Å². The molecule has 3 heterocycles. The van der Waals surface area contributed by atoms with Gasteiger partial charge in [-0.3, -0.25) is 9.59 Å². The van der Waals surface area contributed by atoms with Gasteiger partial charge in [-0.2, -0.15) is 0 Å². The molecule has 0 atom stereocenters. The number of carbonyl (C=O) groups excluding carboxylic acids is 3. The lowest BCUT2D eigenvalue weighted by molar-refractivity contribution is -0.129. The van der Waals surface area contributed by atoms with E-state index in [0.717, 1.165) is 16.7 Å². The van der Waals surface area contributed by atoms with Crippen molar-refractivity contribution in [2.45, 2.75) is 32.7 Å². The molecule has 2 amide bonds. The van der Waals surface area contributed by atoms with Gasteiger partial charge in [0.05, 0.1) is 25.5 Å². The number of piperidine rings is 1. The van der Waals surface area contributed by atoms with Crippen molar-refractivity contribution in [2.75, 3.05) is 38.3 Å². The van der Waals surface area contributed by atoms with E-state index >= 15 is 0 Å². The second kappa shape index (κ2) is 8.41. The highest BCUT2D eigenvalue weighted by molar-refractivity contribution is 7.88. The molecule has 2 aliphatic rings. The average Bonchev–Trinajstić information content (AvgIpc) is 3.03. The number of fused-ring (bicyclic) bond motifs is 1. The molecule has 0 radical (unpaired) electrons. The third-order valence-electron chi connectivity index (χ3n) is 5.42. The lowest BCUT2D eigenvalue weighted by atomic mass is 9.97. The summed E-state index contributed by atoms with van der Waals surface area (Å²) in [5, 5.41) is 3.29. The van der Waals surface area contributed by atoms with E-state index in [1.165, 1.54) is 29.7 Å². The van der Waals surface area contributed by atoms with Crippen molar-refractivity contribution in [3.05, 3.63) is 16.0 Å².